The lowest BCUT2D eigenvalue weighted by atomic mass is 10.1. The molecule has 0 aromatic heterocycles. The summed E-state index contributed by atoms with van der Waals surface area (Å²) >= 11 is 3.40. The summed E-state index contributed by atoms with van der Waals surface area (Å²) in [5.41, 5.74) is 3.01. The first-order valence-corrected chi connectivity index (χ1v) is 7.40. The molecule has 0 saturated carbocycles. The highest BCUT2D eigenvalue weighted by molar-refractivity contribution is 9.10. The molecule has 0 radical (unpaired) electrons. The van der Waals surface area contributed by atoms with Gasteiger partial charge in [-0.15, -0.1) is 0 Å². The molecule has 2 aromatic rings. The van der Waals surface area contributed by atoms with E-state index in [1.54, 1.807) is 13.0 Å². The van der Waals surface area contributed by atoms with Gasteiger partial charge in [-0.1, -0.05) is 47.1 Å². The molecule has 0 heterocycles. The molecule has 0 unspecified atom stereocenters. The van der Waals surface area contributed by atoms with Crippen LogP contribution < -0.4 is 4.74 Å². The van der Waals surface area contributed by atoms with Crippen molar-refractivity contribution >= 4 is 21.7 Å². The number of benzene rings is 2. The van der Waals surface area contributed by atoms with Crippen molar-refractivity contribution in [2.24, 2.45) is 0 Å². The molecule has 0 amide bonds. The average molecular weight is 333 g/mol. The van der Waals surface area contributed by atoms with Crippen LogP contribution >= 0.6 is 15.9 Å². The molecular weight excluding hydrogens is 316 g/mol. The van der Waals surface area contributed by atoms with Crippen molar-refractivity contribution in [1.82, 2.24) is 0 Å². The first-order chi connectivity index (χ1) is 9.60. The normalized spacial score (nSPS) is 10.3. The summed E-state index contributed by atoms with van der Waals surface area (Å²) in [6.07, 6.45) is 1.03. The zero-order valence-corrected chi connectivity index (χ0v) is 13.2. The van der Waals surface area contributed by atoms with Crippen LogP contribution in [0.2, 0.25) is 0 Å². The fourth-order valence-corrected chi connectivity index (χ4v) is 2.28. The maximum Gasteiger partial charge on any atom is 0.163 e. The molecule has 2 rings (SSSR count). The van der Waals surface area contributed by atoms with Gasteiger partial charge in [0.15, 0.2) is 5.78 Å². The van der Waals surface area contributed by atoms with E-state index >= 15 is 0 Å². The van der Waals surface area contributed by atoms with Crippen LogP contribution in [0.25, 0.3) is 0 Å². The number of rotatable bonds is 5. The van der Waals surface area contributed by atoms with Gasteiger partial charge in [-0.05, 0) is 42.7 Å². The number of aryl methyl sites for hydroxylation is 1. The van der Waals surface area contributed by atoms with Crippen molar-refractivity contribution in [3.63, 3.8) is 0 Å². The van der Waals surface area contributed by atoms with Crippen LogP contribution in [0.4, 0.5) is 0 Å². The predicted molar refractivity (Wildman–Crippen MR) is 84.3 cm³/mol. The van der Waals surface area contributed by atoms with Crippen molar-refractivity contribution in [2.75, 3.05) is 0 Å². The Bertz CT molecular complexity index is 603. The Kier molecular flexibility index (Phi) is 4.96. The minimum atomic E-state index is 0.00818. The van der Waals surface area contributed by atoms with E-state index in [-0.39, 0.29) is 5.78 Å². The van der Waals surface area contributed by atoms with Crippen LogP contribution in [0, 0.1) is 0 Å². The monoisotopic (exact) mass is 332 g/mol. The molecule has 0 fully saturated rings. The summed E-state index contributed by atoms with van der Waals surface area (Å²) in [5, 5.41) is 0. The Balaban J connectivity index is 2.13. The van der Waals surface area contributed by atoms with E-state index in [1.807, 2.05) is 12.1 Å². The second-order valence-electron chi connectivity index (χ2n) is 4.66. The average Bonchev–Trinajstić information content (AvgIpc) is 2.45. The second-order valence-corrected chi connectivity index (χ2v) is 5.57. The lowest BCUT2D eigenvalue weighted by molar-refractivity contribution is 0.101. The molecule has 2 nitrogen and oxygen atoms in total. The number of halogens is 1. The quantitative estimate of drug-likeness (QED) is 0.735. The van der Waals surface area contributed by atoms with Crippen LogP contribution in [0.1, 0.15) is 35.3 Å². The van der Waals surface area contributed by atoms with E-state index in [9.17, 15) is 4.79 Å². The highest BCUT2D eigenvalue weighted by atomic mass is 79.9. The summed E-state index contributed by atoms with van der Waals surface area (Å²) in [6, 6.07) is 13.8. The standard InChI is InChI=1S/C17H17BrO2/c1-3-13-4-6-14(7-5-13)11-20-17-10-15(18)8-9-16(17)12(2)19/h4-10H,3,11H2,1-2H3. The Hall–Kier alpha value is -1.61. The molecule has 3 heteroatoms. The number of hydrogen-bond donors (Lipinski definition) is 0. The van der Waals surface area contributed by atoms with Gasteiger partial charge in [-0.2, -0.15) is 0 Å². The van der Waals surface area contributed by atoms with Gasteiger partial charge in [-0.25, -0.2) is 0 Å². The smallest absolute Gasteiger partial charge is 0.163 e. The van der Waals surface area contributed by atoms with Crippen LogP contribution in [-0.4, -0.2) is 5.78 Å². The lowest BCUT2D eigenvalue weighted by Gasteiger charge is -2.10. The molecule has 104 valence electrons. The highest BCUT2D eigenvalue weighted by Gasteiger charge is 2.09. The van der Waals surface area contributed by atoms with Crippen LogP contribution in [0.5, 0.6) is 5.75 Å². The Morgan fingerprint density at radius 1 is 1.10 bits per heavy atom. The largest absolute Gasteiger partial charge is 0.488 e. The Morgan fingerprint density at radius 3 is 2.35 bits per heavy atom. The van der Waals surface area contributed by atoms with E-state index in [0.29, 0.717) is 17.9 Å². The first kappa shape index (κ1) is 14.8. The van der Waals surface area contributed by atoms with Crippen molar-refractivity contribution in [3.8, 4) is 5.75 Å². The third-order valence-corrected chi connectivity index (χ3v) is 3.64. The fraction of sp³-hybridized carbons (Fsp3) is 0.235. The minimum absolute atomic E-state index is 0.00818. The van der Waals surface area contributed by atoms with Crippen molar-refractivity contribution in [2.45, 2.75) is 26.9 Å². The van der Waals surface area contributed by atoms with E-state index in [0.717, 1.165) is 16.5 Å². The molecular formula is C17H17BrO2. The topological polar surface area (TPSA) is 26.3 Å². The van der Waals surface area contributed by atoms with E-state index in [4.69, 9.17) is 4.74 Å². The number of carbonyl (C=O) groups excluding carboxylic acids is 1. The molecule has 0 N–H and O–H groups in total. The molecule has 0 aliphatic rings. The van der Waals surface area contributed by atoms with Crippen LogP contribution in [-0.2, 0) is 13.0 Å². The third-order valence-electron chi connectivity index (χ3n) is 3.15. The number of Topliss-reactive ketones (excluding diaryl/α,β-unsaturated/α-hetero) is 1. The number of ether oxygens (including phenoxy) is 1. The van der Waals surface area contributed by atoms with Crippen LogP contribution in [0.15, 0.2) is 46.9 Å². The van der Waals surface area contributed by atoms with Crippen LogP contribution in [0.3, 0.4) is 0 Å². The summed E-state index contributed by atoms with van der Waals surface area (Å²) in [5.74, 6) is 0.625. The number of carbonyl (C=O) groups is 1. The SMILES string of the molecule is CCc1ccc(COc2cc(Br)ccc2C(C)=O)cc1. The van der Waals surface area contributed by atoms with Gasteiger partial charge in [0.2, 0.25) is 0 Å². The molecule has 0 saturated heterocycles. The van der Waals surface area contributed by atoms with Crippen molar-refractivity contribution in [3.05, 3.63) is 63.6 Å². The van der Waals surface area contributed by atoms with Gasteiger partial charge in [0.05, 0.1) is 5.56 Å². The van der Waals surface area contributed by atoms with E-state index in [2.05, 4.69) is 47.1 Å². The van der Waals surface area contributed by atoms with Gasteiger partial charge in [0.1, 0.15) is 12.4 Å². The van der Waals surface area contributed by atoms with Gasteiger partial charge < -0.3 is 4.74 Å². The van der Waals surface area contributed by atoms with Gasteiger partial charge >= 0.3 is 0 Å². The zero-order valence-electron chi connectivity index (χ0n) is 11.7. The fourth-order valence-electron chi connectivity index (χ4n) is 1.94. The van der Waals surface area contributed by atoms with Crippen molar-refractivity contribution in [1.29, 1.82) is 0 Å². The maximum atomic E-state index is 11.6. The minimum Gasteiger partial charge on any atom is -0.488 e. The number of hydrogen-bond acceptors (Lipinski definition) is 2. The molecule has 0 atom stereocenters. The summed E-state index contributed by atoms with van der Waals surface area (Å²) < 4.78 is 6.69. The van der Waals surface area contributed by atoms with Gasteiger partial charge in [0, 0.05) is 4.47 Å². The molecule has 0 aliphatic carbocycles. The number of ketones is 1. The molecule has 0 spiro atoms. The van der Waals surface area contributed by atoms with E-state index < -0.39 is 0 Å². The highest BCUT2D eigenvalue weighted by Crippen LogP contribution is 2.25. The molecule has 0 aliphatic heterocycles. The van der Waals surface area contributed by atoms with E-state index in [1.165, 1.54) is 5.56 Å². The predicted octanol–water partition coefficient (Wildman–Crippen LogP) is 4.79. The van der Waals surface area contributed by atoms with Crippen molar-refractivity contribution < 1.29 is 9.53 Å². The molecule has 2 aromatic carbocycles. The maximum absolute atomic E-state index is 11.6. The summed E-state index contributed by atoms with van der Waals surface area (Å²) in [4.78, 5) is 11.6. The lowest BCUT2D eigenvalue weighted by Crippen LogP contribution is -2.01. The third kappa shape index (κ3) is 3.70. The summed E-state index contributed by atoms with van der Waals surface area (Å²) in [7, 11) is 0. The summed E-state index contributed by atoms with van der Waals surface area (Å²) in [6.45, 7) is 4.14. The molecule has 0 bridgehead atoms. The Labute approximate surface area is 127 Å². The Morgan fingerprint density at radius 2 is 1.75 bits per heavy atom. The second kappa shape index (κ2) is 6.71. The zero-order chi connectivity index (χ0) is 14.5. The first-order valence-electron chi connectivity index (χ1n) is 6.61. The van der Waals surface area contributed by atoms with Gasteiger partial charge in [-0.3, -0.25) is 4.79 Å². The molecule has 20 heavy (non-hydrogen) atoms. The van der Waals surface area contributed by atoms with Gasteiger partial charge in [0.25, 0.3) is 0 Å².